The number of aliphatic hydroxyl groups is 1. The first-order chi connectivity index (χ1) is 10.3. The molecule has 0 aliphatic heterocycles. The molecular weight excluding hydrogens is 274 g/mol. The molecule has 0 spiro atoms. The van der Waals surface area contributed by atoms with E-state index in [1.54, 1.807) is 0 Å². The fourth-order valence-electron chi connectivity index (χ4n) is 1.49. The lowest BCUT2D eigenvalue weighted by molar-refractivity contribution is 0.0431. The Labute approximate surface area is 125 Å². The van der Waals surface area contributed by atoms with Crippen molar-refractivity contribution in [2.24, 2.45) is 0 Å². The summed E-state index contributed by atoms with van der Waals surface area (Å²) in [6, 6.07) is 9.49. The molecule has 0 fully saturated rings. The van der Waals surface area contributed by atoms with E-state index in [4.69, 9.17) is 19.3 Å². The van der Waals surface area contributed by atoms with Gasteiger partial charge < -0.3 is 24.6 Å². The van der Waals surface area contributed by atoms with Gasteiger partial charge in [0, 0.05) is 19.8 Å². The van der Waals surface area contributed by atoms with Crippen molar-refractivity contribution in [3.05, 3.63) is 35.9 Å². The molecule has 0 heterocycles. The topological polar surface area (TPSA) is 77.0 Å². The van der Waals surface area contributed by atoms with Crippen molar-refractivity contribution < 1.29 is 24.1 Å². The minimum absolute atomic E-state index is 0.135. The van der Waals surface area contributed by atoms with Gasteiger partial charge in [-0.3, -0.25) is 0 Å². The van der Waals surface area contributed by atoms with Gasteiger partial charge >= 0.3 is 6.09 Å². The molecule has 0 atom stereocenters. The minimum Gasteiger partial charge on any atom is -0.445 e. The SMILES string of the molecule is O=C(NCCOCCOCCCO)OCc1ccccc1. The molecule has 1 amide bonds. The van der Waals surface area contributed by atoms with Gasteiger partial charge in [0.05, 0.1) is 19.8 Å². The van der Waals surface area contributed by atoms with Crippen LogP contribution < -0.4 is 5.32 Å². The number of amides is 1. The lowest BCUT2D eigenvalue weighted by Crippen LogP contribution is -2.28. The summed E-state index contributed by atoms with van der Waals surface area (Å²) in [5.74, 6) is 0. The molecule has 0 unspecified atom stereocenters. The molecule has 21 heavy (non-hydrogen) atoms. The zero-order valence-corrected chi connectivity index (χ0v) is 12.1. The van der Waals surface area contributed by atoms with Gasteiger partial charge in [0.15, 0.2) is 0 Å². The van der Waals surface area contributed by atoms with Crippen LogP contribution in [0, 0.1) is 0 Å². The average molecular weight is 297 g/mol. The predicted molar refractivity (Wildman–Crippen MR) is 78.0 cm³/mol. The molecule has 0 aliphatic rings. The maximum atomic E-state index is 11.4. The number of ether oxygens (including phenoxy) is 3. The van der Waals surface area contributed by atoms with Crippen molar-refractivity contribution >= 4 is 6.09 Å². The summed E-state index contributed by atoms with van der Waals surface area (Å²) in [5.41, 5.74) is 0.948. The molecule has 2 N–H and O–H groups in total. The van der Waals surface area contributed by atoms with E-state index in [9.17, 15) is 4.79 Å². The quantitative estimate of drug-likeness (QED) is 0.603. The first-order valence-corrected chi connectivity index (χ1v) is 7.04. The van der Waals surface area contributed by atoms with E-state index in [1.165, 1.54) is 0 Å². The van der Waals surface area contributed by atoms with Gasteiger partial charge in [-0.25, -0.2) is 4.79 Å². The van der Waals surface area contributed by atoms with Gasteiger partial charge in [0.1, 0.15) is 6.61 Å². The largest absolute Gasteiger partial charge is 0.445 e. The van der Waals surface area contributed by atoms with Crippen LogP contribution in [0.15, 0.2) is 30.3 Å². The normalized spacial score (nSPS) is 10.3. The second kappa shape index (κ2) is 12.1. The summed E-state index contributed by atoms with van der Waals surface area (Å²) in [6.45, 7) is 2.67. The van der Waals surface area contributed by atoms with Crippen molar-refractivity contribution in [3.63, 3.8) is 0 Å². The lowest BCUT2D eigenvalue weighted by atomic mass is 10.2. The number of rotatable bonds is 11. The average Bonchev–Trinajstić information content (AvgIpc) is 2.52. The number of alkyl carbamates (subject to hydrolysis) is 1. The summed E-state index contributed by atoms with van der Waals surface area (Å²) in [4.78, 5) is 11.4. The standard InChI is InChI=1S/C15H23NO5/c17-8-4-9-19-11-12-20-10-7-16-15(18)21-13-14-5-2-1-3-6-14/h1-3,5-6,17H,4,7-13H2,(H,16,18). The second-order valence-corrected chi connectivity index (χ2v) is 4.29. The zero-order valence-electron chi connectivity index (χ0n) is 12.1. The number of hydrogen-bond donors (Lipinski definition) is 2. The fraction of sp³-hybridized carbons (Fsp3) is 0.533. The molecule has 0 radical (unpaired) electrons. The van der Waals surface area contributed by atoms with E-state index in [1.807, 2.05) is 30.3 Å². The first kappa shape index (κ1) is 17.4. The van der Waals surface area contributed by atoms with Crippen molar-refractivity contribution in [1.82, 2.24) is 5.32 Å². The smallest absolute Gasteiger partial charge is 0.407 e. The van der Waals surface area contributed by atoms with Gasteiger partial charge in [-0.15, -0.1) is 0 Å². The van der Waals surface area contributed by atoms with Gasteiger partial charge in [0.25, 0.3) is 0 Å². The van der Waals surface area contributed by atoms with E-state index in [0.717, 1.165) is 5.56 Å². The molecule has 0 aromatic heterocycles. The van der Waals surface area contributed by atoms with Crippen LogP contribution in [0.5, 0.6) is 0 Å². The molecule has 118 valence electrons. The highest BCUT2D eigenvalue weighted by molar-refractivity contribution is 5.67. The van der Waals surface area contributed by atoms with Crippen LogP contribution in [0.4, 0.5) is 4.79 Å². The number of carbonyl (C=O) groups excluding carboxylic acids is 1. The molecule has 0 saturated heterocycles. The Hall–Kier alpha value is -1.63. The number of nitrogens with one attached hydrogen (secondary N) is 1. The fourth-order valence-corrected chi connectivity index (χ4v) is 1.49. The predicted octanol–water partition coefficient (Wildman–Crippen LogP) is 1.33. The van der Waals surface area contributed by atoms with E-state index in [2.05, 4.69) is 5.32 Å². The lowest BCUT2D eigenvalue weighted by Gasteiger charge is -2.08. The molecular formula is C15H23NO5. The highest BCUT2D eigenvalue weighted by Gasteiger charge is 2.01. The highest BCUT2D eigenvalue weighted by Crippen LogP contribution is 2.00. The van der Waals surface area contributed by atoms with Gasteiger partial charge in [-0.1, -0.05) is 30.3 Å². The number of aliphatic hydroxyl groups excluding tert-OH is 1. The third kappa shape index (κ3) is 9.84. The third-order valence-electron chi connectivity index (χ3n) is 2.55. The van der Waals surface area contributed by atoms with Gasteiger partial charge in [0.2, 0.25) is 0 Å². The summed E-state index contributed by atoms with van der Waals surface area (Å²) in [7, 11) is 0. The molecule has 1 aromatic carbocycles. The van der Waals surface area contributed by atoms with Crippen LogP contribution in [-0.4, -0.2) is 50.8 Å². The van der Waals surface area contributed by atoms with Crippen LogP contribution >= 0.6 is 0 Å². The van der Waals surface area contributed by atoms with E-state index >= 15 is 0 Å². The Morgan fingerprint density at radius 1 is 1.05 bits per heavy atom. The van der Waals surface area contributed by atoms with E-state index in [-0.39, 0.29) is 13.2 Å². The zero-order chi connectivity index (χ0) is 15.2. The Morgan fingerprint density at radius 2 is 1.76 bits per heavy atom. The number of carbonyl (C=O) groups is 1. The first-order valence-electron chi connectivity index (χ1n) is 7.04. The van der Waals surface area contributed by atoms with Crippen molar-refractivity contribution in [2.75, 3.05) is 39.6 Å². The second-order valence-electron chi connectivity index (χ2n) is 4.29. The maximum absolute atomic E-state index is 11.4. The third-order valence-corrected chi connectivity index (χ3v) is 2.55. The summed E-state index contributed by atoms with van der Waals surface area (Å²) in [5, 5.41) is 11.1. The molecule has 1 aromatic rings. The highest BCUT2D eigenvalue weighted by atomic mass is 16.5. The monoisotopic (exact) mass is 297 g/mol. The van der Waals surface area contributed by atoms with E-state index < -0.39 is 6.09 Å². The van der Waals surface area contributed by atoms with Gasteiger partial charge in [-0.2, -0.15) is 0 Å². The molecule has 6 heteroatoms. The Balaban J connectivity index is 1.89. The van der Waals surface area contributed by atoms with Crippen LogP contribution in [0.2, 0.25) is 0 Å². The Morgan fingerprint density at radius 3 is 2.48 bits per heavy atom. The molecule has 6 nitrogen and oxygen atoms in total. The summed E-state index contributed by atoms with van der Waals surface area (Å²) >= 11 is 0. The molecule has 1 rings (SSSR count). The number of benzene rings is 1. The Bertz CT molecular complexity index is 372. The summed E-state index contributed by atoms with van der Waals surface area (Å²) < 4.78 is 15.5. The van der Waals surface area contributed by atoms with Crippen molar-refractivity contribution in [1.29, 1.82) is 0 Å². The molecule has 0 saturated carbocycles. The van der Waals surface area contributed by atoms with E-state index in [0.29, 0.717) is 39.4 Å². The van der Waals surface area contributed by atoms with Crippen molar-refractivity contribution in [2.45, 2.75) is 13.0 Å². The number of hydrogen-bond acceptors (Lipinski definition) is 5. The minimum atomic E-state index is -0.457. The van der Waals surface area contributed by atoms with Crippen LogP contribution in [0.3, 0.4) is 0 Å². The van der Waals surface area contributed by atoms with Crippen LogP contribution in [0.1, 0.15) is 12.0 Å². The summed E-state index contributed by atoms with van der Waals surface area (Å²) in [6.07, 6.45) is 0.177. The van der Waals surface area contributed by atoms with Crippen molar-refractivity contribution in [3.8, 4) is 0 Å². The molecule has 0 bridgehead atoms. The molecule has 0 aliphatic carbocycles. The maximum Gasteiger partial charge on any atom is 0.407 e. The van der Waals surface area contributed by atoms with Gasteiger partial charge in [-0.05, 0) is 12.0 Å². The Kier molecular flexibility index (Phi) is 10.1. The van der Waals surface area contributed by atoms with Crippen LogP contribution in [0.25, 0.3) is 0 Å². The van der Waals surface area contributed by atoms with Crippen LogP contribution in [-0.2, 0) is 20.8 Å².